The van der Waals surface area contributed by atoms with Crippen LogP contribution in [0.3, 0.4) is 0 Å². The van der Waals surface area contributed by atoms with E-state index in [1.165, 1.54) is 31.2 Å². The summed E-state index contributed by atoms with van der Waals surface area (Å²) in [5.74, 6) is 0.966. The quantitative estimate of drug-likeness (QED) is 0.225. The number of amides is 1. The molecule has 1 atom stereocenters. The van der Waals surface area contributed by atoms with Gasteiger partial charge in [-0.25, -0.2) is 0 Å². The van der Waals surface area contributed by atoms with Gasteiger partial charge in [0.25, 0.3) is 0 Å². The van der Waals surface area contributed by atoms with Crippen LogP contribution in [-0.2, 0) is 4.79 Å². The van der Waals surface area contributed by atoms with Gasteiger partial charge >= 0.3 is 0 Å². The van der Waals surface area contributed by atoms with Crippen molar-refractivity contribution in [1.82, 2.24) is 26.2 Å². The SMILES string of the molecule is CN=C(NCC1(NC(C)c2ccccc2)CCCC1)NC1CCN(CC(=O)NC)CC1.I. The predicted molar refractivity (Wildman–Crippen MR) is 143 cm³/mol. The first-order chi connectivity index (χ1) is 15.0. The number of nitrogens with zero attached hydrogens (tertiary/aromatic N) is 2. The fraction of sp³-hybridized carbons (Fsp3) is 0.667. The maximum absolute atomic E-state index is 11.6. The van der Waals surface area contributed by atoms with Crippen molar-refractivity contribution in [3.05, 3.63) is 35.9 Å². The van der Waals surface area contributed by atoms with Crippen molar-refractivity contribution in [2.75, 3.05) is 40.3 Å². The molecule has 1 heterocycles. The molecule has 1 saturated carbocycles. The van der Waals surface area contributed by atoms with E-state index in [2.05, 4.69) is 68.4 Å². The Bertz CT molecular complexity index is 714. The Morgan fingerprint density at radius 2 is 1.84 bits per heavy atom. The monoisotopic (exact) mass is 556 g/mol. The van der Waals surface area contributed by atoms with Gasteiger partial charge < -0.3 is 21.3 Å². The van der Waals surface area contributed by atoms with E-state index >= 15 is 0 Å². The van der Waals surface area contributed by atoms with Gasteiger partial charge in [-0.1, -0.05) is 43.2 Å². The number of benzene rings is 1. The van der Waals surface area contributed by atoms with Crippen LogP contribution >= 0.6 is 24.0 Å². The Labute approximate surface area is 210 Å². The van der Waals surface area contributed by atoms with Crippen LogP contribution in [0.15, 0.2) is 35.3 Å². The maximum atomic E-state index is 11.6. The van der Waals surface area contributed by atoms with Gasteiger partial charge in [0.05, 0.1) is 6.54 Å². The van der Waals surface area contributed by atoms with Crippen LogP contribution in [0.25, 0.3) is 0 Å². The molecule has 1 amide bonds. The zero-order valence-corrected chi connectivity index (χ0v) is 22.2. The number of nitrogens with one attached hydrogen (secondary N) is 4. The van der Waals surface area contributed by atoms with E-state index < -0.39 is 0 Å². The lowest BCUT2D eigenvalue weighted by molar-refractivity contribution is -0.122. The maximum Gasteiger partial charge on any atom is 0.233 e. The number of carbonyl (C=O) groups excluding carboxylic acids is 1. The summed E-state index contributed by atoms with van der Waals surface area (Å²) >= 11 is 0. The first kappa shape index (κ1) is 26.9. The summed E-state index contributed by atoms with van der Waals surface area (Å²) in [6, 6.07) is 11.4. The summed E-state index contributed by atoms with van der Waals surface area (Å²) in [5.41, 5.74) is 1.43. The number of halogens is 1. The molecule has 0 spiro atoms. The van der Waals surface area contributed by atoms with Gasteiger partial charge in [-0.2, -0.15) is 0 Å². The molecule has 1 aliphatic heterocycles. The second kappa shape index (κ2) is 13.3. The Hall–Kier alpha value is -1.39. The summed E-state index contributed by atoms with van der Waals surface area (Å²) in [6.07, 6.45) is 6.95. The number of aliphatic imine (C=N–C) groups is 1. The van der Waals surface area contributed by atoms with E-state index in [1.54, 1.807) is 7.05 Å². The molecule has 0 bridgehead atoms. The zero-order chi connectivity index (χ0) is 22.1. The number of guanidine groups is 1. The predicted octanol–water partition coefficient (Wildman–Crippen LogP) is 2.64. The first-order valence-electron chi connectivity index (χ1n) is 11.8. The topological polar surface area (TPSA) is 80.8 Å². The molecule has 1 saturated heterocycles. The smallest absolute Gasteiger partial charge is 0.233 e. The van der Waals surface area contributed by atoms with Crippen LogP contribution in [0.1, 0.15) is 57.1 Å². The minimum Gasteiger partial charge on any atom is -0.358 e. The number of piperidine rings is 1. The van der Waals surface area contributed by atoms with Crippen molar-refractivity contribution in [1.29, 1.82) is 0 Å². The number of hydrogen-bond acceptors (Lipinski definition) is 4. The third-order valence-electron chi connectivity index (χ3n) is 6.78. The van der Waals surface area contributed by atoms with E-state index in [4.69, 9.17) is 0 Å². The van der Waals surface area contributed by atoms with E-state index in [-0.39, 0.29) is 35.4 Å². The molecule has 3 rings (SSSR count). The normalized spacial score (nSPS) is 20.3. The highest BCUT2D eigenvalue weighted by molar-refractivity contribution is 14.0. The Morgan fingerprint density at radius 1 is 1.19 bits per heavy atom. The fourth-order valence-corrected chi connectivity index (χ4v) is 4.87. The van der Waals surface area contributed by atoms with Gasteiger partial charge in [0.1, 0.15) is 0 Å². The Balaban J connectivity index is 0.00000363. The molecule has 1 aromatic rings. The van der Waals surface area contributed by atoms with Crippen LogP contribution in [0.4, 0.5) is 0 Å². The van der Waals surface area contributed by atoms with Crippen molar-refractivity contribution in [3.63, 3.8) is 0 Å². The van der Waals surface area contributed by atoms with Crippen molar-refractivity contribution >= 4 is 35.8 Å². The van der Waals surface area contributed by atoms with Gasteiger partial charge in [-0.05, 0) is 38.2 Å². The van der Waals surface area contributed by atoms with Crippen LogP contribution in [0.2, 0.25) is 0 Å². The molecule has 8 heteroatoms. The lowest BCUT2D eigenvalue weighted by atomic mass is 9.94. The second-order valence-electron chi connectivity index (χ2n) is 9.06. The standard InChI is InChI=1S/C24H40N6O.HI/c1-19(20-9-5-4-6-10-20)29-24(13-7-8-14-24)18-27-23(26-3)28-21-11-15-30(16-12-21)17-22(31)25-2;/h4-6,9-10,19,21,29H,7-8,11-18H2,1-3H3,(H,25,31)(H2,26,27,28);1H. The highest BCUT2D eigenvalue weighted by atomic mass is 127. The van der Waals surface area contributed by atoms with E-state index in [9.17, 15) is 4.79 Å². The van der Waals surface area contributed by atoms with Crippen LogP contribution in [0, 0.1) is 0 Å². The summed E-state index contributed by atoms with van der Waals surface area (Å²) in [7, 11) is 3.54. The molecule has 32 heavy (non-hydrogen) atoms. The van der Waals surface area contributed by atoms with Gasteiger partial charge in [0.15, 0.2) is 5.96 Å². The zero-order valence-electron chi connectivity index (χ0n) is 19.8. The van der Waals surface area contributed by atoms with Gasteiger partial charge in [-0.15, -0.1) is 24.0 Å². The first-order valence-corrected chi connectivity index (χ1v) is 11.8. The molecule has 1 unspecified atom stereocenters. The largest absolute Gasteiger partial charge is 0.358 e. The molecule has 7 nitrogen and oxygen atoms in total. The highest BCUT2D eigenvalue weighted by Gasteiger charge is 2.35. The Morgan fingerprint density at radius 3 is 2.44 bits per heavy atom. The number of likely N-dealkylation sites (tertiary alicyclic amines) is 1. The number of hydrogen-bond donors (Lipinski definition) is 4. The number of carbonyl (C=O) groups is 1. The number of likely N-dealkylation sites (N-methyl/N-ethyl adjacent to an activating group) is 1. The third-order valence-corrected chi connectivity index (χ3v) is 6.78. The van der Waals surface area contributed by atoms with Crippen molar-refractivity contribution < 1.29 is 4.79 Å². The molecule has 4 N–H and O–H groups in total. The van der Waals surface area contributed by atoms with E-state index in [1.807, 2.05) is 7.05 Å². The van der Waals surface area contributed by atoms with Crippen molar-refractivity contribution in [3.8, 4) is 0 Å². The second-order valence-corrected chi connectivity index (χ2v) is 9.06. The average molecular weight is 557 g/mol. The third kappa shape index (κ3) is 7.88. The summed E-state index contributed by atoms with van der Waals surface area (Å²) in [6.45, 7) is 5.49. The fourth-order valence-electron chi connectivity index (χ4n) is 4.87. The molecule has 2 aliphatic rings. The molecule has 1 aliphatic carbocycles. The van der Waals surface area contributed by atoms with E-state index in [0.29, 0.717) is 18.6 Å². The van der Waals surface area contributed by atoms with E-state index in [0.717, 1.165) is 38.4 Å². The molecule has 0 radical (unpaired) electrons. The van der Waals surface area contributed by atoms with Gasteiger partial charge in [0.2, 0.25) is 5.91 Å². The van der Waals surface area contributed by atoms with Gasteiger partial charge in [-0.3, -0.25) is 14.7 Å². The van der Waals surface area contributed by atoms with Crippen molar-refractivity contribution in [2.24, 2.45) is 4.99 Å². The summed E-state index contributed by atoms with van der Waals surface area (Å²) < 4.78 is 0. The summed E-state index contributed by atoms with van der Waals surface area (Å²) in [4.78, 5) is 18.3. The molecule has 1 aromatic carbocycles. The van der Waals surface area contributed by atoms with Gasteiger partial charge in [0, 0.05) is 51.4 Å². The molecule has 0 aromatic heterocycles. The lowest BCUT2D eigenvalue weighted by Crippen LogP contribution is -2.56. The highest BCUT2D eigenvalue weighted by Crippen LogP contribution is 2.31. The van der Waals surface area contributed by atoms with Crippen LogP contribution in [-0.4, -0.2) is 68.6 Å². The Kier molecular flexibility index (Phi) is 11.2. The lowest BCUT2D eigenvalue weighted by Gasteiger charge is -2.36. The van der Waals surface area contributed by atoms with Crippen LogP contribution < -0.4 is 21.3 Å². The average Bonchev–Trinajstić information content (AvgIpc) is 3.26. The minimum absolute atomic E-state index is 0. The molecule has 180 valence electrons. The molecular weight excluding hydrogens is 515 g/mol. The molecular formula is C24H41IN6O. The van der Waals surface area contributed by atoms with Crippen molar-refractivity contribution in [2.45, 2.75) is 63.1 Å². The minimum atomic E-state index is 0. The molecule has 2 fully saturated rings. The number of rotatable bonds is 8. The van der Waals surface area contributed by atoms with Crippen LogP contribution in [0.5, 0.6) is 0 Å². The summed E-state index contributed by atoms with van der Waals surface area (Å²) in [5, 5.41) is 13.8.